The Hall–Kier alpha value is -1.51. The summed E-state index contributed by atoms with van der Waals surface area (Å²) in [7, 11) is -4.77. The Balaban J connectivity index is 1.80. The van der Waals surface area contributed by atoms with Gasteiger partial charge in [-0.25, -0.2) is 0 Å². The van der Waals surface area contributed by atoms with Gasteiger partial charge in [0.2, 0.25) is 11.8 Å². The zero-order chi connectivity index (χ0) is 15.0. The highest BCUT2D eigenvalue weighted by atomic mass is 35.5. The van der Waals surface area contributed by atoms with Crippen molar-refractivity contribution in [1.29, 1.82) is 0 Å². The number of rotatable bonds is 5. The van der Waals surface area contributed by atoms with Crippen LogP contribution in [0, 0.1) is 0 Å². The standard InChI is InChI=1S/C12H11ClFN3O3S/c13-9-3-1-8(2-4-9)12-16-15-11(20-12)7-17(10-5-6-10)21(14,18)19/h1-4,10H,5-7H2. The van der Waals surface area contributed by atoms with Gasteiger partial charge in [-0.15, -0.1) is 10.2 Å². The Kier molecular flexibility index (Phi) is 3.68. The van der Waals surface area contributed by atoms with Crippen molar-refractivity contribution in [3.05, 3.63) is 35.2 Å². The minimum atomic E-state index is -4.77. The average molecular weight is 332 g/mol. The summed E-state index contributed by atoms with van der Waals surface area (Å²) in [5, 5.41) is 8.15. The lowest BCUT2D eigenvalue weighted by molar-refractivity contribution is 0.333. The van der Waals surface area contributed by atoms with E-state index in [1.807, 2.05) is 0 Å². The molecule has 3 rings (SSSR count). The molecule has 2 aromatic rings. The Morgan fingerprint density at radius 2 is 1.95 bits per heavy atom. The van der Waals surface area contributed by atoms with Crippen molar-refractivity contribution in [3.8, 4) is 11.5 Å². The molecule has 1 fully saturated rings. The maximum atomic E-state index is 13.2. The van der Waals surface area contributed by atoms with Gasteiger partial charge in [-0.05, 0) is 37.1 Å². The average Bonchev–Trinajstić information content (AvgIpc) is 3.14. The van der Waals surface area contributed by atoms with Crippen LogP contribution in [0.5, 0.6) is 0 Å². The second-order valence-corrected chi connectivity index (χ2v) is 6.46. The molecule has 0 saturated heterocycles. The highest BCUT2D eigenvalue weighted by molar-refractivity contribution is 7.83. The minimum absolute atomic E-state index is 0.0491. The van der Waals surface area contributed by atoms with Crippen LogP contribution in [0.15, 0.2) is 28.7 Å². The summed E-state index contributed by atoms with van der Waals surface area (Å²) in [5.74, 6) is 0.279. The molecule has 0 radical (unpaired) electrons. The number of benzene rings is 1. The SMILES string of the molecule is O=S(=O)(F)N(Cc1nnc(-c2ccc(Cl)cc2)o1)C1CC1. The summed E-state index contributed by atoms with van der Waals surface area (Å²) in [4.78, 5) is 0. The molecule has 0 spiro atoms. The molecule has 1 aromatic heterocycles. The Morgan fingerprint density at radius 1 is 1.29 bits per heavy atom. The van der Waals surface area contributed by atoms with E-state index in [9.17, 15) is 12.3 Å². The molecule has 1 saturated carbocycles. The van der Waals surface area contributed by atoms with E-state index in [-0.39, 0.29) is 24.4 Å². The van der Waals surface area contributed by atoms with Crippen LogP contribution in [0.3, 0.4) is 0 Å². The minimum Gasteiger partial charge on any atom is -0.419 e. The largest absolute Gasteiger partial charge is 0.419 e. The van der Waals surface area contributed by atoms with E-state index in [4.69, 9.17) is 16.0 Å². The second-order valence-electron chi connectivity index (χ2n) is 4.73. The molecule has 0 bridgehead atoms. The van der Waals surface area contributed by atoms with Gasteiger partial charge in [-0.2, -0.15) is 12.7 Å². The summed E-state index contributed by atoms with van der Waals surface area (Å²) in [6.07, 6.45) is 1.28. The third-order valence-corrected chi connectivity index (χ3v) is 4.32. The Labute approximate surface area is 125 Å². The molecule has 6 nitrogen and oxygen atoms in total. The molecule has 0 N–H and O–H groups in total. The maximum Gasteiger partial charge on any atom is 0.375 e. The van der Waals surface area contributed by atoms with E-state index in [0.717, 1.165) is 4.31 Å². The summed E-state index contributed by atoms with van der Waals surface area (Å²) >= 11 is 5.78. The highest BCUT2D eigenvalue weighted by Crippen LogP contribution is 2.31. The van der Waals surface area contributed by atoms with Crippen LogP contribution in [0.25, 0.3) is 11.5 Å². The molecule has 0 unspecified atom stereocenters. The molecular formula is C12H11ClFN3O3S. The molecule has 1 heterocycles. The van der Waals surface area contributed by atoms with Crippen LogP contribution < -0.4 is 0 Å². The maximum absolute atomic E-state index is 13.2. The van der Waals surface area contributed by atoms with E-state index >= 15 is 0 Å². The molecule has 9 heteroatoms. The van der Waals surface area contributed by atoms with E-state index < -0.39 is 10.4 Å². The van der Waals surface area contributed by atoms with E-state index in [1.54, 1.807) is 24.3 Å². The first-order chi connectivity index (χ1) is 9.93. The van der Waals surface area contributed by atoms with E-state index in [1.165, 1.54) is 0 Å². The Morgan fingerprint density at radius 3 is 2.52 bits per heavy atom. The third kappa shape index (κ3) is 3.39. The van der Waals surface area contributed by atoms with Gasteiger partial charge in [0.15, 0.2) is 0 Å². The molecule has 1 aliphatic rings. The van der Waals surface area contributed by atoms with Gasteiger partial charge >= 0.3 is 10.4 Å². The van der Waals surface area contributed by atoms with Crippen LogP contribution in [0.4, 0.5) is 3.89 Å². The first-order valence-electron chi connectivity index (χ1n) is 6.23. The van der Waals surface area contributed by atoms with Crippen molar-refractivity contribution >= 4 is 22.0 Å². The van der Waals surface area contributed by atoms with Gasteiger partial charge in [0.25, 0.3) is 0 Å². The molecule has 1 aromatic carbocycles. The predicted molar refractivity (Wildman–Crippen MR) is 73.3 cm³/mol. The number of aromatic nitrogens is 2. The molecule has 21 heavy (non-hydrogen) atoms. The van der Waals surface area contributed by atoms with Crippen molar-refractivity contribution in [2.75, 3.05) is 0 Å². The third-order valence-electron chi connectivity index (χ3n) is 3.08. The molecule has 0 amide bonds. The fourth-order valence-corrected chi connectivity index (χ4v) is 2.86. The van der Waals surface area contributed by atoms with E-state index in [2.05, 4.69) is 10.2 Å². The summed E-state index contributed by atoms with van der Waals surface area (Å²) in [6, 6.07) is 6.42. The highest BCUT2D eigenvalue weighted by Gasteiger charge is 2.38. The van der Waals surface area contributed by atoms with Crippen LogP contribution >= 0.6 is 11.6 Å². The molecule has 112 valence electrons. The number of halogens is 2. The smallest absolute Gasteiger partial charge is 0.375 e. The van der Waals surface area contributed by atoms with Gasteiger partial charge in [0.1, 0.15) is 0 Å². The summed E-state index contributed by atoms with van der Waals surface area (Å²) in [5.41, 5.74) is 0.652. The normalized spacial score (nSPS) is 15.6. The molecule has 0 aliphatic heterocycles. The number of hydrogen-bond acceptors (Lipinski definition) is 5. The van der Waals surface area contributed by atoms with Crippen LogP contribution in [-0.2, 0) is 17.0 Å². The molecule has 0 atom stereocenters. The topological polar surface area (TPSA) is 76.3 Å². The lowest BCUT2D eigenvalue weighted by atomic mass is 10.2. The monoisotopic (exact) mass is 331 g/mol. The van der Waals surface area contributed by atoms with Gasteiger partial charge in [-0.1, -0.05) is 15.5 Å². The van der Waals surface area contributed by atoms with Gasteiger partial charge in [0.05, 0.1) is 6.54 Å². The molecule has 1 aliphatic carbocycles. The first kappa shape index (κ1) is 14.4. The Bertz CT molecular complexity index is 743. The fraction of sp³-hybridized carbons (Fsp3) is 0.333. The fourth-order valence-electron chi connectivity index (χ4n) is 1.91. The molecular weight excluding hydrogens is 321 g/mol. The van der Waals surface area contributed by atoms with Crippen LogP contribution in [0.1, 0.15) is 18.7 Å². The summed E-state index contributed by atoms with van der Waals surface area (Å²) in [6.45, 7) is -0.260. The van der Waals surface area contributed by atoms with Gasteiger partial charge in [-0.3, -0.25) is 0 Å². The summed E-state index contributed by atoms with van der Waals surface area (Å²) < 4.78 is 41.5. The quantitative estimate of drug-likeness (QED) is 0.787. The van der Waals surface area contributed by atoms with Crippen molar-refractivity contribution in [2.24, 2.45) is 0 Å². The van der Waals surface area contributed by atoms with Crippen LogP contribution in [-0.4, -0.2) is 29.0 Å². The van der Waals surface area contributed by atoms with Crippen molar-refractivity contribution in [2.45, 2.75) is 25.4 Å². The van der Waals surface area contributed by atoms with Gasteiger partial charge in [0, 0.05) is 16.6 Å². The van der Waals surface area contributed by atoms with Crippen molar-refractivity contribution < 1.29 is 16.7 Å². The number of nitrogens with zero attached hydrogens (tertiary/aromatic N) is 3. The van der Waals surface area contributed by atoms with E-state index in [0.29, 0.717) is 23.4 Å². The first-order valence-corrected chi connectivity index (χ1v) is 7.95. The van der Waals surface area contributed by atoms with Crippen molar-refractivity contribution in [1.82, 2.24) is 14.5 Å². The lowest BCUT2D eigenvalue weighted by Gasteiger charge is -2.13. The number of hydrogen-bond donors (Lipinski definition) is 0. The lowest BCUT2D eigenvalue weighted by Crippen LogP contribution is -2.29. The zero-order valence-electron chi connectivity index (χ0n) is 10.7. The van der Waals surface area contributed by atoms with Gasteiger partial charge < -0.3 is 4.42 Å². The predicted octanol–water partition coefficient (Wildman–Crippen LogP) is 2.57. The second kappa shape index (κ2) is 5.36. The van der Waals surface area contributed by atoms with Crippen molar-refractivity contribution in [3.63, 3.8) is 0 Å². The zero-order valence-corrected chi connectivity index (χ0v) is 12.3. The van der Waals surface area contributed by atoms with Crippen LogP contribution in [0.2, 0.25) is 5.02 Å².